The summed E-state index contributed by atoms with van der Waals surface area (Å²) < 4.78 is 0. The Hall–Kier alpha value is -0.900. The Bertz CT molecular complexity index is 244. The third-order valence-corrected chi connectivity index (χ3v) is 2.07. The normalized spacial score (nSPS) is 9.70. The lowest BCUT2D eigenvalue weighted by Crippen LogP contribution is -1.94. The van der Waals surface area contributed by atoms with Gasteiger partial charge in [-0.05, 0) is 19.1 Å². The number of rotatable bonds is 2. The second-order valence-corrected chi connectivity index (χ2v) is 3.38. The van der Waals surface area contributed by atoms with Gasteiger partial charge in [0.05, 0.1) is 4.88 Å². The van der Waals surface area contributed by atoms with Crippen molar-refractivity contribution in [1.82, 2.24) is 0 Å². The van der Waals surface area contributed by atoms with E-state index in [-0.39, 0.29) is 11.5 Å². The summed E-state index contributed by atoms with van der Waals surface area (Å²) in [6.45, 7) is 1.90. The molecule has 0 saturated heterocycles. The van der Waals surface area contributed by atoms with Crippen LogP contribution in [0.15, 0.2) is 12.1 Å². The maximum Gasteiger partial charge on any atom is 0.237 e. The largest absolute Gasteiger partial charge is 0.264 e. The van der Waals surface area contributed by atoms with Crippen LogP contribution in [0.4, 0.5) is 0 Å². The van der Waals surface area contributed by atoms with Gasteiger partial charge in [0.1, 0.15) is 0 Å². The number of nitrogens with zero attached hydrogens (tertiary/aromatic N) is 1. The smallest absolute Gasteiger partial charge is 0.237 e. The highest BCUT2D eigenvalue weighted by Crippen LogP contribution is 2.15. The van der Waals surface area contributed by atoms with E-state index in [4.69, 9.17) is 0 Å². The summed E-state index contributed by atoms with van der Waals surface area (Å²) in [7, 11) is 0. The summed E-state index contributed by atoms with van der Waals surface area (Å²) in [5.74, 6) is 0. The van der Waals surface area contributed by atoms with Crippen LogP contribution < -0.4 is 0 Å². The number of hydrogen-bond acceptors (Lipinski definition) is 3. The van der Waals surface area contributed by atoms with Crippen LogP contribution >= 0.6 is 11.3 Å². The van der Waals surface area contributed by atoms with Gasteiger partial charge in [0, 0.05) is 9.80 Å². The van der Waals surface area contributed by atoms with E-state index in [1.807, 2.05) is 13.0 Å². The molecule has 0 bridgehead atoms. The lowest BCUT2D eigenvalue weighted by atomic mass is 10.4. The molecular weight excluding hydrogens is 150 g/mol. The molecule has 0 amide bonds. The van der Waals surface area contributed by atoms with E-state index < -0.39 is 0 Å². The Morgan fingerprint density at radius 2 is 2.40 bits per heavy atom. The van der Waals surface area contributed by atoms with Gasteiger partial charge in [-0.2, -0.15) is 0 Å². The highest BCUT2D eigenvalue weighted by Gasteiger charge is 2.02. The summed E-state index contributed by atoms with van der Waals surface area (Å²) in [6.07, 6.45) is 0. The van der Waals surface area contributed by atoms with Crippen molar-refractivity contribution in [3.8, 4) is 0 Å². The van der Waals surface area contributed by atoms with Gasteiger partial charge in [-0.1, -0.05) is 0 Å². The minimum absolute atomic E-state index is 0.0431. The van der Waals surface area contributed by atoms with Crippen molar-refractivity contribution in [3.63, 3.8) is 0 Å². The molecule has 1 heterocycles. The number of hydrogen-bond donors (Lipinski definition) is 0. The van der Waals surface area contributed by atoms with Crippen molar-refractivity contribution >= 4 is 11.3 Å². The average molecular weight is 157 g/mol. The van der Waals surface area contributed by atoms with Crippen molar-refractivity contribution in [2.45, 2.75) is 13.5 Å². The van der Waals surface area contributed by atoms with E-state index in [0.717, 1.165) is 9.75 Å². The first-order valence-electron chi connectivity index (χ1n) is 2.85. The van der Waals surface area contributed by atoms with E-state index in [2.05, 4.69) is 0 Å². The lowest BCUT2D eigenvalue weighted by Gasteiger charge is -1.85. The molecule has 0 aliphatic rings. The molecule has 0 fully saturated rings. The molecular formula is C6H7NO2S. The molecule has 0 aromatic carbocycles. The molecule has 10 heavy (non-hydrogen) atoms. The monoisotopic (exact) mass is 157 g/mol. The molecule has 1 aromatic rings. The third-order valence-electron chi connectivity index (χ3n) is 1.08. The van der Waals surface area contributed by atoms with Crippen molar-refractivity contribution < 1.29 is 4.92 Å². The molecule has 3 nitrogen and oxygen atoms in total. The summed E-state index contributed by atoms with van der Waals surface area (Å²) in [6, 6.07) is 3.69. The zero-order valence-corrected chi connectivity index (χ0v) is 6.35. The molecule has 0 aliphatic heterocycles. The summed E-state index contributed by atoms with van der Waals surface area (Å²) in [5.41, 5.74) is 0. The van der Waals surface area contributed by atoms with Crippen LogP contribution in [0.1, 0.15) is 9.75 Å². The summed E-state index contributed by atoms with van der Waals surface area (Å²) in [5, 5.41) is 9.99. The highest BCUT2D eigenvalue weighted by atomic mass is 32.1. The molecule has 0 atom stereocenters. The Kier molecular flexibility index (Phi) is 2.01. The van der Waals surface area contributed by atoms with Crippen molar-refractivity contribution in [1.29, 1.82) is 0 Å². The van der Waals surface area contributed by atoms with Crippen LogP contribution in [0.3, 0.4) is 0 Å². The number of aryl methyl sites for hydroxylation is 1. The fourth-order valence-electron chi connectivity index (χ4n) is 0.697. The van der Waals surface area contributed by atoms with Crippen LogP contribution in [0, 0.1) is 17.0 Å². The van der Waals surface area contributed by atoms with Gasteiger partial charge in [-0.3, -0.25) is 10.1 Å². The molecule has 0 saturated carbocycles. The fourth-order valence-corrected chi connectivity index (χ4v) is 1.55. The van der Waals surface area contributed by atoms with Gasteiger partial charge >= 0.3 is 0 Å². The molecule has 0 N–H and O–H groups in total. The van der Waals surface area contributed by atoms with Crippen LogP contribution in [-0.2, 0) is 6.54 Å². The van der Waals surface area contributed by atoms with Gasteiger partial charge in [-0.15, -0.1) is 11.3 Å². The van der Waals surface area contributed by atoms with Crippen molar-refractivity contribution in [2.24, 2.45) is 0 Å². The first-order chi connectivity index (χ1) is 4.68. The van der Waals surface area contributed by atoms with Gasteiger partial charge in [-0.25, -0.2) is 0 Å². The average Bonchev–Trinajstić information content (AvgIpc) is 2.13. The molecule has 0 spiro atoms. The maximum atomic E-state index is 9.99. The topological polar surface area (TPSA) is 43.1 Å². The second kappa shape index (κ2) is 2.79. The first kappa shape index (κ1) is 7.21. The standard InChI is InChI=1S/C6H7NO2S/c1-5-2-3-6(10-5)4-7(8)9/h2-3H,4H2,1H3. The van der Waals surface area contributed by atoms with E-state index >= 15 is 0 Å². The van der Waals surface area contributed by atoms with E-state index in [0.29, 0.717) is 0 Å². The SMILES string of the molecule is Cc1ccc(C[N+](=O)[O-])s1. The highest BCUT2D eigenvalue weighted by molar-refractivity contribution is 7.11. The predicted molar refractivity (Wildman–Crippen MR) is 39.8 cm³/mol. The Morgan fingerprint density at radius 3 is 2.80 bits per heavy atom. The van der Waals surface area contributed by atoms with Crippen LogP contribution in [0.25, 0.3) is 0 Å². The third kappa shape index (κ3) is 1.80. The number of nitro groups is 1. The van der Waals surface area contributed by atoms with Gasteiger partial charge in [0.25, 0.3) is 0 Å². The van der Waals surface area contributed by atoms with Crippen molar-refractivity contribution in [3.05, 3.63) is 32.0 Å². The van der Waals surface area contributed by atoms with Gasteiger partial charge in [0.2, 0.25) is 6.54 Å². The zero-order chi connectivity index (χ0) is 7.56. The molecule has 54 valence electrons. The van der Waals surface area contributed by atoms with Gasteiger partial charge in [0.15, 0.2) is 0 Å². The summed E-state index contributed by atoms with van der Waals surface area (Å²) >= 11 is 1.47. The Labute approximate surface area is 62.5 Å². The van der Waals surface area contributed by atoms with Gasteiger partial charge < -0.3 is 0 Å². The molecule has 0 radical (unpaired) electrons. The maximum absolute atomic E-state index is 9.99. The van der Waals surface area contributed by atoms with Crippen LogP contribution in [0.2, 0.25) is 0 Å². The minimum atomic E-state index is -0.314. The minimum Gasteiger partial charge on any atom is -0.264 e. The van der Waals surface area contributed by atoms with E-state index in [9.17, 15) is 10.1 Å². The van der Waals surface area contributed by atoms with Crippen LogP contribution in [0.5, 0.6) is 0 Å². The zero-order valence-electron chi connectivity index (χ0n) is 5.53. The summed E-state index contributed by atoms with van der Waals surface area (Å²) in [4.78, 5) is 11.6. The molecule has 1 rings (SSSR count). The Morgan fingerprint density at radius 1 is 1.70 bits per heavy atom. The predicted octanol–water partition coefficient (Wildman–Crippen LogP) is 1.83. The van der Waals surface area contributed by atoms with Crippen molar-refractivity contribution in [2.75, 3.05) is 0 Å². The quantitative estimate of drug-likeness (QED) is 0.485. The molecule has 1 aromatic heterocycles. The van der Waals surface area contributed by atoms with E-state index in [1.54, 1.807) is 6.07 Å². The first-order valence-corrected chi connectivity index (χ1v) is 3.67. The molecule has 4 heteroatoms. The number of thiophene rings is 1. The lowest BCUT2D eigenvalue weighted by molar-refractivity contribution is -0.496. The fraction of sp³-hybridized carbons (Fsp3) is 0.333. The molecule has 0 aliphatic carbocycles. The second-order valence-electron chi connectivity index (χ2n) is 2.00. The van der Waals surface area contributed by atoms with E-state index in [1.165, 1.54) is 11.3 Å². The Balaban J connectivity index is 2.67. The molecule has 0 unspecified atom stereocenters. The van der Waals surface area contributed by atoms with Crippen LogP contribution in [-0.4, -0.2) is 4.92 Å².